The minimum absolute atomic E-state index is 0.0335. The minimum atomic E-state index is -4.48. The average molecular weight is 285 g/mol. The Morgan fingerprint density at radius 2 is 1.68 bits per heavy atom. The maximum Gasteiger partial charge on any atom is 0.417 e. The molecule has 0 fully saturated rings. The molecule has 0 aromatic heterocycles. The van der Waals surface area contributed by atoms with Crippen LogP contribution in [0.15, 0.2) is 42.5 Å². The van der Waals surface area contributed by atoms with E-state index in [0.717, 1.165) is 6.07 Å². The number of hydrogen-bond donors (Lipinski definition) is 0. The quantitative estimate of drug-likeness (QED) is 0.721. The fraction of sp³-hybridized carbons (Fsp3) is 0.0714. The lowest BCUT2D eigenvalue weighted by Gasteiger charge is -2.14. The molecule has 0 heterocycles. The van der Waals surface area contributed by atoms with E-state index in [1.165, 1.54) is 36.4 Å². The van der Waals surface area contributed by atoms with Gasteiger partial charge in [0.2, 0.25) is 0 Å². The van der Waals surface area contributed by atoms with Crippen LogP contribution in [0.3, 0.4) is 0 Å². The first-order chi connectivity index (χ1) is 8.93. The van der Waals surface area contributed by atoms with Crippen molar-refractivity contribution in [2.24, 2.45) is 0 Å². The molecule has 19 heavy (non-hydrogen) atoms. The fourth-order valence-electron chi connectivity index (χ4n) is 1.84. The smallest absolute Gasteiger partial charge is 0.298 e. The van der Waals surface area contributed by atoms with E-state index < -0.39 is 11.7 Å². The Bertz CT molecular complexity index is 620. The molecule has 5 heteroatoms. The first kappa shape index (κ1) is 13.6. The van der Waals surface area contributed by atoms with Crippen LogP contribution in [0.2, 0.25) is 5.02 Å². The molecule has 0 aliphatic carbocycles. The van der Waals surface area contributed by atoms with Crippen LogP contribution in [0.1, 0.15) is 15.9 Å². The molecule has 2 aromatic carbocycles. The lowest BCUT2D eigenvalue weighted by atomic mass is 9.95. The third-order valence-corrected chi connectivity index (χ3v) is 2.90. The normalized spacial score (nSPS) is 11.4. The first-order valence-corrected chi connectivity index (χ1v) is 5.72. The molecule has 98 valence electrons. The van der Waals surface area contributed by atoms with E-state index >= 15 is 0 Å². The molecule has 2 rings (SSSR count). The van der Waals surface area contributed by atoms with Crippen LogP contribution < -0.4 is 0 Å². The predicted octanol–water partition coefficient (Wildman–Crippen LogP) is 4.84. The van der Waals surface area contributed by atoms with Crippen molar-refractivity contribution >= 4 is 17.9 Å². The molecule has 0 atom stereocenters. The number of carbonyl (C=O) groups excluding carboxylic acids is 1. The van der Waals surface area contributed by atoms with E-state index in [2.05, 4.69) is 0 Å². The van der Waals surface area contributed by atoms with E-state index in [9.17, 15) is 18.0 Å². The highest BCUT2D eigenvalue weighted by Crippen LogP contribution is 2.38. The van der Waals surface area contributed by atoms with Gasteiger partial charge in [-0.2, -0.15) is 13.2 Å². The van der Waals surface area contributed by atoms with Crippen molar-refractivity contribution in [3.63, 3.8) is 0 Å². The van der Waals surface area contributed by atoms with Crippen LogP contribution in [0.5, 0.6) is 0 Å². The van der Waals surface area contributed by atoms with Gasteiger partial charge in [-0.05, 0) is 29.3 Å². The zero-order valence-corrected chi connectivity index (χ0v) is 10.3. The Labute approximate surface area is 112 Å². The maximum atomic E-state index is 12.9. The monoisotopic (exact) mass is 284 g/mol. The van der Waals surface area contributed by atoms with Crippen LogP contribution in [0.4, 0.5) is 13.2 Å². The second-order valence-corrected chi connectivity index (χ2v) is 4.33. The largest absolute Gasteiger partial charge is 0.417 e. The fourth-order valence-corrected chi connectivity index (χ4v) is 2.02. The third kappa shape index (κ3) is 2.79. The second kappa shape index (κ2) is 5.05. The standard InChI is InChI=1S/C14H8ClF3O/c15-10-5-6-11(9(7-10)8-19)12-3-1-2-4-13(12)14(16,17)18/h1-8H. The highest BCUT2D eigenvalue weighted by molar-refractivity contribution is 6.31. The minimum Gasteiger partial charge on any atom is -0.298 e. The Balaban J connectivity index is 2.69. The second-order valence-electron chi connectivity index (χ2n) is 3.89. The summed E-state index contributed by atoms with van der Waals surface area (Å²) in [6.45, 7) is 0. The number of alkyl halides is 3. The molecular weight excluding hydrogens is 277 g/mol. The highest BCUT2D eigenvalue weighted by Gasteiger charge is 2.33. The maximum absolute atomic E-state index is 12.9. The van der Waals surface area contributed by atoms with Crippen LogP contribution >= 0.6 is 11.6 Å². The van der Waals surface area contributed by atoms with E-state index in [4.69, 9.17) is 11.6 Å². The molecule has 0 saturated carbocycles. The summed E-state index contributed by atoms with van der Waals surface area (Å²) in [7, 11) is 0. The summed E-state index contributed by atoms with van der Waals surface area (Å²) >= 11 is 5.73. The van der Waals surface area contributed by atoms with Crippen molar-refractivity contribution in [1.82, 2.24) is 0 Å². The zero-order valence-electron chi connectivity index (χ0n) is 9.54. The van der Waals surface area contributed by atoms with E-state index in [1.54, 1.807) is 0 Å². The molecule has 1 nitrogen and oxygen atoms in total. The molecule has 0 radical (unpaired) electrons. The lowest BCUT2D eigenvalue weighted by Crippen LogP contribution is -2.07. The molecule has 0 spiro atoms. The first-order valence-electron chi connectivity index (χ1n) is 5.35. The van der Waals surface area contributed by atoms with E-state index in [-0.39, 0.29) is 16.7 Å². The average Bonchev–Trinajstić information content (AvgIpc) is 2.37. The molecule has 0 saturated heterocycles. The van der Waals surface area contributed by atoms with Gasteiger partial charge in [0.05, 0.1) is 5.56 Å². The van der Waals surface area contributed by atoms with E-state index in [0.29, 0.717) is 11.3 Å². The van der Waals surface area contributed by atoms with E-state index in [1.807, 2.05) is 0 Å². The van der Waals surface area contributed by atoms with Crippen molar-refractivity contribution < 1.29 is 18.0 Å². The molecule has 0 aliphatic rings. The van der Waals surface area contributed by atoms with Crippen LogP contribution in [-0.4, -0.2) is 6.29 Å². The molecule has 0 aliphatic heterocycles. The molecule has 0 bridgehead atoms. The lowest BCUT2D eigenvalue weighted by molar-refractivity contribution is -0.137. The van der Waals surface area contributed by atoms with Gasteiger partial charge in [0.15, 0.2) is 6.29 Å². The van der Waals surface area contributed by atoms with Crippen LogP contribution in [0, 0.1) is 0 Å². The van der Waals surface area contributed by atoms with Gasteiger partial charge in [-0.25, -0.2) is 0 Å². The van der Waals surface area contributed by atoms with Gasteiger partial charge in [-0.3, -0.25) is 4.79 Å². The number of halogens is 4. The van der Waals surface area contributed by atoms with Gasteiger partial charge in [0.1, 0.15) is 0 Å². The molecular formula is C14H8ClF3O. The summed E-state index contributed by atoms with van der Waals surface area (Å²) in [5, 5.41) is 0.301. The van der Waals surface area contributed by atoms with Crippen molar-refractivity contribution in [2.45, 2.75) is 6.18 Å². The topological polar surface area (TPSA) is 17.1 Å². The van der Waals surface area contributed by atoms with Gasteiger partial charge in [0.25, 0.3) is 0 Å². The van der Waals surface area contributed by atoms with Gasteiger partial charge in [-0.1, -0.05) is 35.9 Å². The Kier molecular flexibility index (Phi) is 3.62. The zero-order chi connectivity index (χ0) is 14.0. The van der Waals surface area contributed by atoms with Gasteiger partial charge >= 0.3 is 6.18 Å². The Hall–Kier alpha value is -1.81. The summed E-state index contributed by atoms with van der Waals surface area (Å²) in [6, 6.07) is 9.33. The van der Waals surface area contributed by atoms with Gasteiger partial charge in [-0.15, -0.1) is 0 Å². The van der Waals surface area contributed by atoms with Crippen LogP contribution in [0.25, 0.3) is 11.1 Å². The summed E-state index contributed by atoms with van der Waals surface area (Å²) in [5.41, 5.74) is -0.467. The number of rotatable bonds is 2. The Morgan fingerprint density at radius 1 is 1.00 bits per heavy atom. The van der Waals surface area contributed by atoms with Crippen molar-refractivity contribution in [1.29, 1.82) is 0 Å². The van der Waals surface area contributed by atoms with Crippen molar-refractivity contribution in [3.8, 4) is 11.1 Å². The number of benzene rings is 2. The van der Waals surface area contributed by atoms with Crippen molar-refractivity contribution in [2.75, 3.05) is 0 Å². The number of hydrogen-bond acceptors (Lipinski definition) is 1. The van der Waals surface area contributed by atoms with Crippen LogP contribution in [-0.2, 0) is 6.18 Å². The summed E-state index contributed by atoms with van der Waals surface area (Å²) < 4.78 is 38.8. The summed E-state index contributed by atoms with van der Waals surface area (Å²) in [4.78, 5) is 11.0. The highest BCUT2D eigenvalue weighted by atomic mass is 35.5. The molecule has 0 amide bonds. The Morgan fingerprint density at radius 3 is 2.32 bits per heavy atom. The summed E-state index contributed by atoms with van der Waals surface area (Å²) in [6.07, 6.45) is -3.98. The summed E-state index contributed by atoms with van der Waals surface area (Å²) in [5.74, 6) is 0. The van der Waals surface area contributed by atoms with Crippen molar-refractivity contribution in [3.05, 3.63) is 58.6 Å². The number of aldehydes is 1. The SMILES string of the molecule is O=Cc1cc(Cl)ccc1-c1ccccc1C(F)(F)F. The van der Waals surface area contributed by atoms with Gasteiger partial charge in [0, 0.05) is 10.6 Å². The molecule has 2 aromatic rings. The number of carbonyl (C=O) groups is 1. The predicted molar refractivity (Wildman–Crippen MR) is 67.3 cm³/mol. The third-order valence-electron chi connectivity index (χ3n) is 2.66. The van der Waals surface area contributed by atoms with Gasteiger partial charge < -0.3 is 0 Å². The molecule has 0 N–H and O–H groups in total. The molecule has 0 unspecified atom stereocenters.